The highest BCUT2D eigenvalue weighted by molar-refractivity contribution is 5.22. The molecule has 0 saturated carbocycles. The van der Waals surface area contributed by atoms with Gasteiger partial charge >= 0.3 is 0 Å². The van der Waals surface area contributed by atoms with Crippen LogP contribution in [0, 0.1) is 5.82 Å². The minimum atomic E-state index is -0.564. The van der Waals surface area contributed by atoms with Gasteiger partial charge in [-0.15, -0.1) is 0 Å². The van der Waals surface area contributed by atoms with Crippen LogP contribution in [0.1, 0.15) is 6.92 Å². The fraction of sp³-hybridized carbons (Fsp3) is 0.571. The lowest BCUT2D eigenvalue weighted by Gasteiger charge is -2.34. The monoisotopic (exact) mass is 269 g/mol. The fourth-order valence-corrected chi connectivity index (χ4v) is 2.08. The average Bonchev–Trinajstić information content (AvgIpc) is 2.41. The van der Waals surface area contributed by atoms with Gasteiger partial charge in [-0.05, 0) is 31.2 Å². The maximum atomic E-state index is 12.7. The zero-order chi connectivity index (χ0) is 13.7. The molecule has 1 fully saturated rings. The normalized spacial score (nSPS) is 22.2. The molecule has 0 aliphatic carbocycles. The second kappa shape index (κ2) is 6.84. The molecule has 1 aliphatic heterocycles. The fourth-order valence-electron chi connectivity index (χ4n) is 2.08. The van der Waals surface area contributed by atoms with Crippen LogP contribution in [-0.2, 0) is 4.74 Å². The molecule has 106 valence electrons. The summed E-state index contributed by atoms with van der Waals surface area (Å²) >= 11 is 0. The molecule has 0 amide bonds. The Morgan fingerprint density at radius 2 is 2.21 bits per heavy atom. The first-order chi connectivity index (χ1) is 9.15. The lowest BCUT2D eigenvalue weighted by Crippen LogP contribution is -2.47. The van der Waals surface area contributed by atoms with Crippen LogP contribution in [-0.4, -0.2) is 55.1 Å². The van der Waals surface area contributed by atoms with Crippen molar-refractivity contribution in [2.75, 3.05) is 32.9 Å². The van der Waals surface area contributed by atoms with Gasteiger partial charge in [0, 0.05) is 19.1 Å². The maximum Gasteiger partial charge on any atom is 0.123 e. The molecule has 4 nitrogen and oxygen atoms in total. The Morgan fingerprint density at radius 1 is 1.47 bits per heavy atom. The van der Waals surface area contributed by atoms with Crippen molar-refractivity contribution < 1.29 is 19.0 Å². The molecule has 5 heteroatoms. The lowest BCUT2D eigenvalue weighted by atomic mass is 10.2. The van der Waals surface area contributed by atoms with Crippen molar-refractivity contribution in [3.05, 3.63) is 30.1 Å². The zero-order valence-corrected chi connectivity index (χ0v) is 11.1. The number of β-amino-alcohol motifs (C(OH)–C–C–N with tert-alkyl or cyclic N) is 1. The summed E-state index contributed by atoms with van der Waals surface area (Å²) in [5.41, 5.74) is 0. The van der Waals surface area contributed by atoms with Gasteiger partial charge in [0.05, 0.1) is 13.2 Å². The number of aliphatic hydroxyl groups excluding tert-OH is 1. The average molecular weight is 269 g/mol. The van der Waals surface area contributed by atoms with Crippen molar-refractivity contribution in [2.24, 2.45) is 0 Å². The molecule has 1 N–H and O–H groups in total. The number of hydrogen-bond acceptors (Lipinski definition) is 4. The second-order valence-electron chi connectivity index (χ2n) is 4.84. The maximum absolute atomic E-state index is 12.7. The van der Waals surface area contributed by atoms with Crippen LogP contribution in [0.4, 0.5) is 4.39 Å². The number of hydrogen-bond donors (Lipinski definition) is 1. The molecule has 1 aromatic carbocycles. The van der Waals surface area contributed by atoms with Crippen LogP contribution in [0.2, 0.25) is 0 Å². The van der Waals surface area contributed by atoms with Crippen LogP contribution in [0.5, 0.6) is 5.75 Å². The van der Waals surface area contributed by atoms with Crippen LogP contribution in [0.25, 0.3) is 0 Å². The summed E-state index contributed by atoms with van der Waals surface area (Å²) in [5.74, 6) is 0.269. The van der Waals surface area contributed by atoms with E-state index in [0.717, 1.165) is 6.54 Å². The van der Waals surface area contributed by atoms with Gasteiger partial charge in [0.2, 0.25) is 0 Å². The highest BCUT2D eigenvalue weighted by Gasteiger charge is 2.21. The molecule has 0 spiro atoms. The summed E-state index contributed by atoms with van der Waals surface area (Å²) < 4.78 is 23.5. The molecule has 1 saturated heterocycles. The van der Waals surface area contributed by atoms with Gasteiger partial charge in [-0.1, -0.05) is 0 Å². The Hall–Kier alpha value is -1.17. The molecule has 1 aliphatic rings. The number of halogens is 1. The first kappa shape index (κ1) is 14.2. The third-order valence-corrected chi connectivity index (χ3v) is 3.21. The predicted molar refractivity (Wildman–Crippen MR) is 69.8 cm³/mol. The third kappa shape index (κ3) is 4.45. The highest BCUT2D eigenvalue weighted by atomic mass is 19.1. The Morgan fingerprint density at radius 3 is 2.89 bits per heavy atom. The van der Waals surface area contributed by atoms with E-state index in [4.69, 9.17) is 9.47 Å². The van der Waals surface area contributed by atoms with Crippen LogP contribution < -0.4 is 4.74 Å². The Labute approximate surface area is 112 Å². The molecular formula is C14H20FNO3. The van der Waals surface area contributed by atoms with Gasteiger partial charge in [0.1, 0.15) is 24.3 Å². The first-order valence-corrected chi connectivity index (χ1v) is 6.53. The largest absolute Gasteiger partial charge is 0.491 e. The molecule has 2 atom stereocenters. The SMILES string of the molecule is CC1COCCN1CC(O)COc1ccc(F)cc1. The van der Waals surface area contributed by atoms with E-state index in [1.165, 1.54) is 12.1 Å². The number of benzene rings is 1. The lowest BCUT2D eigenvalue weighted by molar-refractivity contribution is -0.0265. The van der Waals surface area contributed by atoms with Crippen molar-refractivity contribution in [3.8, 4) is 5.75 Å². The van der Waals surface area contributed by atoms with E-state index in [1.54, 1.807) is 12.1 Å². The summed E-state index contributed by atoms with van der Waals surface area (Å²) in [6, 6.07) is 6.10. The number of ether oxygens (including phenoxy) is 2. The van der Waals surface area contributed by atoms with Gasteiger partial charge in [-0.2, -0.15) is 0 Å². The van der Waals surface area contributed by atoms with E-state index in [9.17, 15) is 9.50 Å². The molecule has 1 aromatic rings. The molecule has 0 radical (unpaired) electrons. The molecule has 0 aromatic heterocycles. The quantitative estimate of drug-likeness (QED) is 0.874. The summed E-state index contributed by atoms with van der Waals surface area (Å²) in [5, 5.41) is 9.95. The van der Waals surface area contributed by atoms with Crippen molar-refractivity contribution in [2.45, 2.75) is 19.1 Å². The van der Waals surface area contributed by atoms with Gasteiger partial charge in [-0.25, -0.2) is 4.39 Å². The number of nitrogens with zero attached hydrogens (tertiary/aromatic N) is 1. The molecular weight excluding hydrogens is 249 g/mol. The van der Waals surface area contributed by atoms with Gasteiger partial charge in [0.15, 0.2) is 0 Å². The molecule has 2 unspecified atom stereocenters. The smallest absolute Gasteiger partial charge is 0.123 e. The Balaban J connectivity index is 1.74. The van der Waals surface area contributed by atoms with Crippen LogP contribution in [0.15, 0.2) is 24.3 Å². The number of aliphatic hydroxyl groups is 1. The summed E-state index contributed by atoms with van der Waals surface area (Å²) in [7, 11) is 0. The second-order valence-corrected chi connectivity index (χ2v) is 4.84. The number of morpholine rings is 1. The minimum absolute atomic E-state index is 0.204. The van der Waals surface area contributed by atoms with E-state index in [2.05, 4.69) is 11.8 Å². The van der Waals surface area contributed by atoms with Crippen molar-refractivity contribution in [1.29, 1.82) is 0 Å². The first-order valence-electron chi connectivity index (χ1n) is 6.53. The van der Waals surface area contributed by atoms with E-state index in [-0.39, 0.29) is 12.4 Å². The van der Waals surface area contributed by atoms with E-state index in [0.29, 0.717) is 31.5 Å². The minimum Gasteiger partial charge on any atom is -0.491 e. The topological polar surface area (TPSA) is 41.9 Å². The Kier molecular flexibility index (Phi) is 5.13. The van der Waals surface area contributed by atoms with Gasteiger partial charge in [-0.3, -0.25) is 4.90 Å². The summed E-state index contributed by atoms with van der Waals surface area (Å²) in [6.07, 6.45) is -0.564. The molecule has 2 rings (SSSR count). The standard InChI is InChI=1S/C14H20FNO3/c1-11-9-18-7-6-16(11)8-13(17)10-19-14-4-2-12(15)3-5-14/h2-5,11,13,17H,6-10H2,1H3. The molecule has 1 heterocycles. The summed E-state index contributed by atoms with van der Waals surface area (Å²) in [6.45, 7) is 5.07. The van der Waals surface area contributed by atoms with E-state index >= 15 is 0 Å². The number of rotatable bonds is 5. The molecule has 0 bridgehead atoms. The zero-order valence-electron chi connectivity index (χ0n) is 11.1. The van der Waals surface area contributed by atoms with Gasteiger partial charge in [0.25, 0.3) is 0 Å². The van der Waals surface area contributed by atoms with E-state index < -0.39 is 6.10 Å². The van der Waals surface area contributed by atoms with E-state index in [1.807, 2.05) is 0 Å². The predicted octanol–water partition coefficient (Wildman–Crippen LogP) is 1.29. The van der Waals surface area contributed by atoms with Crippen molar-refractivity contribution >= 4 is 0 Å². The van der Waals surface area contributed by atoms with Gasteiger partial charge < -0.3 is 14.6 Å². The highest BCUT2D eigenvalue weighted by Crippen LogP contribution is 2.12. The molecule has 19 heavy (non-hydrogen) atoms. The van der Waals surface area contributed by atoms with Crippen molar-refractivity contribution in [3.63, 3.8) is 0 Å². The van der Waals surface area contributed by atoms with Crippen LogP contribution in [0.3, 0.4) is 0 Å². The Bertz CT molecular complexity index is 385. The third-order valence-electron chi connectivity index (χ3n) is 3.21. The van der Waals surface area contributed by atoms with Crippen molar-refractivity contribution in [1.82, 2.24) is 4.90 Å². The van der Waals surface area contributed by atoms with Crippen LogP contribution >= 0.6 is 0 Å². The summed E-state index contributed by atoms with van der Waals surface area (Å²) in [4.78, 5) is 2.18.